The van der Waals surface area contributed by atoms with Gasteiger partial charge in [-0.2, -0.15) is 0 Å². The molecule has 0 unspecified atom stereocenters. The fraction of sp³-hybridized carbons (Fsp3) is 0.529. The molecule has 722 valence electrons. The minimum absolute atomic E-state index is 0.00302. The van der Waals surface area contributed by atoms with Crippen molar-refractivity contribution < 1.29 is 62.0 Å². The fourth-order valence-electron chi connectivity index (χ4n) is 17.2. The SMILES string of the molecule is CCCCCCCCOc1cccc2c(OCC(=O)N[C@@H](CCCNC(=O)[C@H](CCCNC(=O)[C@H](CC(C)C)NC(=O)Cn3c(=O)c4cc5c(=O)n(CCCCCCCC)c(=O)c5cc4c3=O)NC(=O)Cn3c(=O)c4cc5c(=O)n(CCCCCCCC)c(=O)c5cc4c3=O)C(=O)NCCC[C@H](NC(=O)COc3cccc4c(OCCCCCCCC)cccc34)C(=O)OC)cccc12. The van der Waals surface area contributed by atoms with Crippen molar-refractivity contribution in [3.05, 3.63) is 180 Å². The van der Waals surface area contributed by atoms with Crippen LogP contribution in [0.5, 0.6) is 23.0 Å². The minimum Gasteiger partial charge on any atom is -0.493 e. The van der Waals surface area contributed by atoms with E-state index in [1.54, 1.807) is 38.1 Å². The number of benzene rings is 6. The zero-order chi connectivity index (χ0) is 96.2. The highest BCUT2D eigenvalue weighted by Gasteiger charge is 2.31. The molecule has 6 aromatic carbocycles. The Hall–Kier alpha value is -12.6. The van der Waals surface area contributed by atoms with E-state index in [1.807, 2.05) is 48.5 Å². The van der Waals surface area contributed by atoms with Gasteiger partial charge in [0.25, 0.3) is 56.3 Å². The molecule has 4 aromatic heterocycles. The Kier molecular flexibility index (Phi) is 40.7. The summed E-state index contributed by atoms with van der Waals surface area (Å²) >= 11 is 0. The Morgan fingerprint density at radius 1 is 0.299 bits per heavy atom. The van der Waals surface area contributed by atoms with E-state index in [2.05, 4.69) is 64.9 Å². The van der Waals surface area contributed by atoms with Crippen LogP contribution in [0, 0.1) is 5.92 Å². The predicted octanol–water partition coefficient (Wildman–Crippen LogP) is 11.3. The van der Waals surface area contributed by atoms with Crippen molar-refractivity contribution >= 4 is 112 Å². The number of carbonyl (C=O) groups is 8. The van der Waals surface area contributed by atoms with Gasteiger partial charge in [-0.3, -0.25) is 90.2 Å². The number of nitrogens with zero attached hydrogens (tertiary/aromatic N) is 4. The third kappa shape index (κ3) is 28.5. The molecular weight excluding hydrogens is 1720 g/mol. The zero-order valence-corrected chi connectivity index (χ0v) is 78.7. The Morgan fingerprint density at radius 2 is 0.567 bits per heavy atom. The Morgan fingerprint density at radius 3 is 0.888 bits per heavy atom. The Labute approximate surface area is 778 Å². The number of amides is 7. The molecule has 0 aliphatic carbocycles. The number of fused-ring (bicyclic) bond motifs is 6. The summed E-state index contributed by atoms with van der Waals surface area (Å²) in [5.41, 5.74) is -6.05. The summed E-state index contributed by atoms with van der Waals surface area (Å²) in [4.78, 5) is 223. The highest BCUT2D eigenvalue weighted by atomic mass is 16.5. The second-order valence-corrected chi connectivity index (χ2v) is 35.3. The molecule has 0 saturated carbocycles. The van der Waals surface area contributed by atoms with Crippen molar-refractivity contribution in [2.45, 2.75) is 291 Å². The van der Waals surface area contributed by atoms with E-state index in [0.29, 0.717) is 63.6 Å². The van der Waals surface area contributed by atoms with Crippen LogP contribution in [0.2, 0.25) is 0 Å². The van der Waals surface area contributed by atoms with Crippen molar-refractivity contribution in [2.75, 3.05) is 53.2 Å². The maximum absolute atomic E-state index is 14.6. The summed E-state index contributed by atoms with van der Waals surface area (Å²) in [6.45, 7) is 10.3. The first-order valence-corrected chi connectivity index (χ1v) is 48.2. The molecule has 10 aromatic rings. The molecule has 0 radical (unpaired) electrons. The number of hydrogen-bond donors (Lipinski definition) is 7. The number of hydrogen-bond acceptors (Lipinski definition) is 21. The lowest BCUT2D eigenvalue weighted by atomic mass is 10.0. The molecule has 32 nitrogen and oxygen atoms in total. The molecule has 32 heteroatoms. The van der Waals surface area contributed by atoms with Crippen molar-refractivity contribution in [3.8, 4) is 23.0 Å². The maximum Gasteiger partial charge on any atom is 0.328 e. The van der Waals surface area contributed by atoms with Crippen molar-refractivity contribution in [1.29, 1.82) is 0 Å². The lowest BCUT2D eigenvalue weighted by Gasteiger charge is -2.22. The van der Waals surface area contributed by atoms with Crippen LogP contribution in [-0.4, -0.2) is 143 Å². The second kappa shape index (κ2) is 52.7. The second-order valence-electron chi connectivity index (χ2n) is 35.3. The third-order valence-electron chi connectivity index (χ3n) is 24.5. The zero-order valence-electron chi connectivity index (χ0n) is 78.7. The van der Waals surface area contributed by atoms with Gasteiger partial charge in [0.05, 0.1) is 63.4 Å². The molecule has 10 rings (SSSR count). The van der Waals surface area contributed by atoms with Crippen molar-refractivity contribution in [3.63, 3.8) is 0 Å². The normalized spacial score (nSPS) is 12.5. The van der Waals surface area contributed by atoms with Gasteiger partial charge in [-0.05, 0) is 125 Å². The number of unbranched alkanes of at least 4 members (excludes halogenated alkanes) is 20. The molecule has 0 spiro atoms. The Bertz CT molecular complexity index is 5990. The minimum atomic E-state index is -1.46. The highest BCUT2D eigenvalue weighted by Crippen LogP contribution is 2.35. The van der Waals surface area contributed by atoms with Gasteiger partial charge in [-0.1, -0.05) is 218 Å². The van der Waals surface area contributed by atoms with Gasteiger partial charge in [0.2, 0.25) is 29.5 Å². The van der Waals surface area contributed by atoms with Crippen LogP contribution < -0.4 is 101 Å². The standard InChI is InChI=1S/C102H133N11O21/c1-8-12-16-20-24-28-53-110-94(121)71-58-75-76(59-72(71)95(110)122)99(126)112(98(75)125)62-87(114)106-79(43-36-51-105-93(120)82(57-66(5)6)109-88(115)63-113-100(127)77-60-73-74(61-78(77)101(113)128)97(124)111(96(73)123)54-29-25-21-17-13-9-2)91(118)103-50-37-44-80(107-89(116)64-133-85-48-34-39-67-69(85)41-32-46-83(67)131-55-30-26-22-18-14-10-3)92(119)104-52-38-45-81(102(129)130-7)108-90(117)65-134-86-49-35-40-68-70(86)42-33-47-84(68)132-56-31-27-23-19-15-11-4/h32-35,39-42,46-49,58-61,66,79-82H,8-31,36-38,43-45,50-57,62-65H2,1-7H3,(H,103,118)(H,104,119)(H,105,120)(H,106,114)(H,107,116)(H,108,117)(H,109,115)/t79-,80-,81-,82-/m0/s1. The number of rotatable bonds is 62. The molecule has 134 heavy (non-hydrogen) atoms. The summed E-state index contributed by atoms with van der Waals surface area (Å²) < 4.78 is 33.2. The van der Waals surface area contributed by atoms with E-state index in [9.17, 15) is 76.7 Å². The highest BCUT2D eigenvalue weighted by molar-refractivity contribution is 6.01. The first kappa shape index (κ1) is 103. The number of aromatic nitrogens is 4. The van der Waals surface area contributed by atoms with Crippen molar-refractivity contribution in [1.82, 2.24) is 55.5 Å². The summed E-state index contributed by atoms with van der Waals surface area (Å²) in [6.07, 6.45) is 23.9. The largest absolute Gasteiger partial charge is 0.493 e. The first-order valence-electron chi connectivity index (χ1n) is 48.2. The van der Waals surface area contributed by atoms with E-state index in [0.717, 1.165) is 147 Å². The first-order chi connectivity index (χ1) is 64.8. The number of nitrogens with one attached hydrogen (secondary N) is 7. The molecule has 0 fully saturated rings. The molecule has 0 saturated heterocycles. The van der Waals surface area contributed by atoms with E-state index in [-0.39, 0.29) is 127 Å². The fourth-order valence-corrected chi connectivity index (χ4v) is 17.2. The molecule has 4 heterocycles. The summed E-state index contributed by atoms with van der Waals surface area (Å²) in [6, 6.07) is 21.6. The van der Waals surface area contributed by atoms with Crippen LogP contribution in [0.1, 0.15) is 241 Å². The van der Waals surface area contributed by atoms with Crippen LogP contribution in [0.15, 0.2) is 135 Å². The average molecular weight is 1850 g/mol. The van der Waals surface area contributed by atoms with E-state index < -0.39 is 142 Å². The van der Waals surface area contributed by atoms with Gasteiger partial charge in [0.15, 0.2) is 13.2 Å². The van der Waals surface area contributed by atoms with E-state index >= 15 is 0 Å². The van der Waals surface area contributed by atoms with E-state index in [4.69, 9.17) is 23.7 Å². The summed E-state index contributed by atoms with van der Waals surface area (Å²) in [5.74, 6) is -4.21. The van der Waals surface area contributed by atoms with Gasteiger partial charge in [0.1, 0.15) is 60.3 Å². The number of ether oxygens (including phenoxy) is 5. The van der Waals surface area contributed by atoms with Gasteiger partial charge in [-0.15, -0.1) is 0 Å². The van der Waals surface area contributed by atoms with Gasteiger partial charge in [0, 0.05) is 54.3 Å². The van der Waals surface area contributed by atoms with Crippen LogP contribution in [-0.2, 0) is 69.3 Å². The number of esters is 1. The maximum atomic E-state index is 14.6. The van der Waals surface area contributed by atoms with Crippen molar-refractivity contribution in [2.24, 2.45) is 5.92 Å². The molecule has 7 N–H and O–H groups in total. The van der Waals surface area contributed by atoms with Gasteiger partial charge >= 0.3 is 5.97 Å². The van der Waals surface area contributed by atoms with Crippen LogP contribution in [0.25, 0.3) is 64.6 Å². The quantitative estimate of drug-likeness (QED) is 0.0137. The molecular formula is C102H133N11O21. The topological polar surface area (TPSA) is 423 Å². The molecule has 0 bridgehead atoms. The van der Waals surface area contributed by atoms with Gasteiger partial charge < -0.3 is 60.9 Å². The van der Waals surface area contributed by atoms with Crippen LogP contribution in [0.3, 0.4) is 0 Å². The van der Waals surface area contributed by atoms with Crippen LogP contribution >= 0.6 is 0 Å². The lowest BCUT2D eigenvalue weighted by Crippen LogP contribution is -2.50. The number of carbonyl (C=O) groups excluding carboxylic acids is 8. The molecule has 0 aliphatic rings. The lowest BCUT2D eigenvalue weighted by molar-refractivity contribution is -0.145. The molecule has 0 aliphatic heterocycles. The average Bonchev–Trinajstić information content (AvgIpc) is 1.59. The van der Waals surface area contributed by atoms with Gasteiger partial charge in [-0.25, -0.2) is 4.79 Å². The summed E-state index contributed by atoms with van der Waals surface area (Å²) in [7, 11) is 1.18. The van der Waals surface area contributed by atoms with Crippen LogP contribution in [0.4, 0.5) is 0 Å². The number of methoxy groups -OCH3 is 1. The molecule has 4 atom stereocenters. The molecule has 7 amide bonds. The summed E-state index contributed by atoms with van der Waals surface area (Å²) in [5, 5.41) is 21.1. The predicted molar refractivity (Wildman–Crippen MR) is 519 cm³/mol. The smallest absolute Gasteiger partial charge is 0.328 e. The monoisotopic (exact) mass is 1850 g/mol. The Balaban J connectivity index is 0.820. The third-order valence-corrected chi connectivity index (χ3v) is 24.5. The van der Waals surface area contributed by atoms with E-state index in [1.165, 1.54) is 50.6 Å².